The normalized spacial score (nSPS) is 15.6. The summed E-state index contributed by atoms with van der Waals surface area (Å²) in [7, 11) is 0. The molecule has 1 aliphatic rings. The SMILES string of the molecule is CC(C)(C)OC(=O)N[C@@H]1CCc2nc(-c3ccncc3)nc(Nc3ccc(Cl)cc3)c2C1. The highest BCUT2D eigenvalue weighted by Crippen LogP contribution is 2.31. The second-order valence-electron chi connectivity index (χ2n) is 8.77. The predicted octanol–water partition coefficient (Wildman–Crippen LogP) is 5.32. The van der Waals surface area contributed by atoms with Crippen molar-refractivity contribution in [1.82, 2.24) is 20.3 Å². The van der Waals surface area contributed by atoms with Crippen LogP contribution in [0.4, 0.5) is 16.3 Å². The van der Waals surface area contributed by atoms with E-state index in [4.69, 9.17) is 26.3 Å². The van der Waals surface area contributed by atoms with Gasteiger partial charge >= 0.3 is 6.09 Å². The van der Waals surface area contributed by atoms with Gasteiger partial charge in [0.15, 0.2) is 5.82 Å². The molecule has 0 saturated heterocycles. The summed E-state index contributed by atoms with van der Waals surface area (Å²) in [6.07, 6.45) is 5.16. The van der Waals surface area contributed by atoms with E-state index in [-0.39, 0.29) is 6.04 Å². The van der Waals surface area contributed by atoms with Crippen LogP contribution in [0.3, 0.4) is 0 Å². The van der Waals surface area contributed by atoms with E-state index in [1.54, 1.807) is 12.4 Å². The van der Waals surface area contributed by atoms with E-state index in [1.165, 1.54) is 0 Å². The first kappa shape index (κ1) is 22.0. The van der Waals surface area contributed by atoms with Crippen molar-refractivity contribution in [1.29, 1.82) is 0 Å². The first-order valence-electron chi connectivity index (χ1n) is 10.6. The molecule has 0 bridgehead atoms. The van der Waals surface area contributed by atoms with Gasteiger partial charge in [-0.15, -0.1) is 0 Å². The van der Waals surface area contributed by atoms with E-state index in [0.717, 1.165) is 41.2 Å². The third-order valence-corrected chi connectivity index (χ3v) is 5.29. The average molecular weight is 452 g/mol. The number of aryl methyl sites for hydroxylation is 1. The standard InChI is InChI=1S/C24H26ClN5O2/c1-24(2,3)32-23(31)28-18-8-9-20-19(14-18)22(27-17-6-4-16(25)5-7-17)30-21(29-20)15-10-12-26-13-11-15/h4-7,10-13,18H,8-9,14H2,1-3H3,(H,28,31)(H,27,29,30)/t18-/m1/s1. The van der Waals surface area contributed by atoms with Crippen LogP contribution >= 0.6 is 11.6 Å². The largest absolute Gasteiger partial charge is 0.444 e. The Hall–Kier alpha value is -3.19. The summed E-state index contributed by atoms with van der Waals surface area (Å²) in [5, 5.41) is 7.07. The first-order valence-corrected chi connectivity index (χ1v) is 11.0. The number of benzene rings is 1. The summed E-state index contributed by atoms with van der Waals surface area (Å²) in [5.41, 5.74) is 3.20. The number of nitrogens with zero attached hydrogens (tertiary/aromatic N) is 3. The lowest BCUT2D eigenvalue weighted by Crippen LogP contribution is -2.42. The van der Waals surface area contributed by atoms with Gasteiger partial charge in [0.1, 0.15) is 11.4 Å². The number of carbonyl (C=O) groups is 1. The average Bonchev–Trinajstić information content (AvgIpc) is 2.75. The molecule has 1 amide bonds. The molecule has 1 aromatic carbocycles. The highest BCUT2D eigenvalue weighted by molar-refractivity contribution is 6.30. The van der Waals surface area contributed by atoms with E-state index in [0.29, 0.717) is 17.3 Å². The van der Waals surface area contributed by atoms with E-state index in [9.17, 15) is 4.79 Å². The van der Waals surface area contributed by atoms with Crippen molar-refractivity contribution in [2.24, 2.45) is 0 Å². The molecule has 0 aliphatic heterocycles. The molecular formula is C24H26ClN5O2. The zero-order valence-electron chi connectivity index (χ0n) is 18.4. The summed E-state index contributed by atoms with van der Waals surface area (Å²) in [6, 6.07) is 11.2. The molecule has 0 spiro atoms. The number of rotatable bonds is 4. The van der Waals surface area contributed by atoms with Crippen molar-refractivity contribution in [3.05, 3.63) is 65.1 Å². The maximum Gasteiger partial charge on any atom is 0.407 e. The minimum absolute atomic E-state index is 0.0570. The van der Waals surface area contributed by atoms with E-state index < -0.39 is 11.7 Å². The van der Waals surface area contributed by atoms with Gasteiger partial charge in [-0.3, -0.25) is 4.98 Å². The first-order chi connectivity index (χ1) is 15.3. The third kappa shape index (κ3) is 5.53. The van der Waals surface area contributed by atoms with Crippen LogP contribution in [0.25, 0.3) is 11.4 Å². The summed E-state index contributed by atoms with van der Waals surface area (Å²) in [5.74, 6) is 1.36. The summed E-state index contributed by atoms with van der Waals surface area (Å²) in [4.78, 5) is 26.0. The van der Waals surface area contributed by atoms with E-state index in [1.807, 2.05) is 57.2 Å². The predicted molar refractivity (Wildman–Crippen MR) is 125 cm³/mol. The van der Waals surface area contributed by atoms with Crippen molar-refractivity contribution in [3.8, 4) is 11.4 Å². The van der Waals surface area contributed by atoms with Crippen LogP contribution in [-0.2, 0) is 17.6 Å². The number of hydrogen-bond acceptors (Lipinski definition) is 6. The number of pyridine rings is 1. The maximum atomic E-state index is 12.3. The second kappa shape index (κ2) is 9.12. The van der Waals surface area contributed by atoms with Crippen LogP contribution in [0.5, 0.6) is 0 Å². The lowest BCUT2D eigenvalue weighted by atomic mass is 9.91. The number of ether oxygens (including phenoxy) is 1. The minimum Gasteiger partial charge on any atom is -0.444 e. The van der Waals surface area contributed by atoms with E-state index >= 15 is 0 Å². The fourth-order valence-corrected chi connectivity index (χ4v) is 3.74. The molecule has 32 heavy (non-hydrogen) atoms. The van der Waals surface area contributed by atoms with Crippen LogP contribution in [0.15, 0.2) is 48.8 Å². The summed E-state index contributed by atoms with van der Waals surface area (Å²) < 4.78 is 5.43. The number of fused-ring (bicyclic) bond motifs is 1. The highest BCUT2D eigenvalue weighted by atomic mass is 35.5. The topological polar surface area (TPSA) is 89.0 Å². The molecular weight excluding hydrogens is 426 g/mol. The van der Waals surface area contributed by atoms with Crippen molar-refractivity contribution >= 4 is 29.2 Å². The monoisotopic (exact) mass is 451 g/mol. The Morgan fingerprint density at radius 1 is 1.09 bits per heavy atom. The molecule has 0 fully saturated rings. The molecule has 3 aromatic rings. The zero-order valence-corrected chi connectivity index (χ0v) is 19.1. The summed E-state index contributed by atoms with van der Waals surface area (Å²) >= 11 is 6.04. The zero-order chi connectivity index (χ0) is 22.7. The fraction of sp³-hybridized carbons (Fsp3) is 0.333. The maximum absolute atomic E-state index is 12.3. The molecule has 0 radical (unpaired) electrons. The van der Waals surface area contributed by atoms with Crippen LogP contribution < -0.4 is 10.6 Å². The van der Waals surface area contributed by atoms with Gasteiger partial charge in [-0.25, -0.2) is 14.8 Å². The van der Waals surface area contributed by atoms with Gasteiger partial charge in [-0.2, -0.15) is 0 Å². The molecule has 2 N–H and O–H groups in total. The lowest BCUT2D eigenvalue weighted by molar-refractivity contribution is 0.0500. The number of halogens is 1. The van der Waals surface area contributed by atoms with Crippen LogP contribution in [0.1, 0.15) is 38.4 Å². The van der Waals surface area contributed by atoms with Crippen LogP contribution in [0.2, 0.25) is 5.02 Å². The number of alkyl carbamates (subject to hydrolysis) is 1. The number of amides is 1. The number of aromatic nitrogens is 3. The third-order valence-electron chi connectivity index (χ3n) is 5.04. The number of carbonyl (C=O) groups excluding carboxylic acids is 1. The quantitative estimate of drug-likeness (QED) is 0.558. The van der Waals surface area contributed by atoms with Gasteiger partial charge in [-0.1, -0.05) is 11.6 Å². The fourth-order valence-electron chi connectivity index (χ4n) is 3.61. The molecule has 1 atom stereocenters. The Kier molecular flexibility index (Phi) is 6.28. The number of hydrogen-bond donors (Lipinski definition) is 2. The second-order valence-corrected chi connectivity index (χ2v) is 9.21. The molecule has 166 valence electrons. The molecule has 2 aromatic heterocycles. The van der Waals surface area contributed by atoms with Crippen molar-refractivity contribution in [2.75, 3.05) is 5.32 Å². The van der Waals surface area contributed by atoms with Gasteiger partial charge in [0.05, 0.1) is 0 Å². The summed E-state index contributed by atoms with van der Waals surface area (Å²) in [6.45, 7) is 5.56. The van der Waals surface area contributed by atoms with E-state index in [2.05, 4.69) is 15.6 Å². The molecule has 0 saturated carbocycles. The van der Waals surface area contributed by atoms with Crippen molar-refractivity contribution < 1.29 is 9.53 Å². The van der Waals surface area contributed by atoms with Crippen LogP contribution in [0, 0.1) is 0 Å². The highest BCUT2D eigenvalue weighted by Gasteiger charge is 2.27. The lowest BCUT2D eigenvalue weighted by Gasteiger charge is -2.28. The van der Waals surface area contributed by atoms with Gasteiger partial charge in [0.2, 0.25) is 0 Å². The van der Waals surface area contributed by atoms with Crippen LogP contribution in [-0.4, -0.2) is 32.7 Å². The van der Waals surface area contributed by atoms with Gasteiger partial charge < -0.3 is 15.4 Å². The van der Waals surface area contributed by atoms with Gasteiger partial charge in [-0.05, 0) is 76.4 Å². The number of nitrogens with one attached hydrogen (secondary N) is 2. The Morgan fingerprint density at radius 3 is 2.50 bits per heavy atom. The van der Waals surface area contributed by atoms with Gasteiger partial charge in [0, 0.05) is 46.0 Å². The Labute approximate surface area is 192 Å². The van der Waals surface area contributed by atoms with Gasteiger partial charge in [0.25, 0.3) is 0 Å². The Morgan fingerprint density at radius 2 is 1.81 bits per heavy atom. The molecule has 4 rings (SSSR count). The van der Waals surface area contributed by atoms with Crippen molar-refractivity contribution in [2.45, 2.75) is 51.7 Å². The Balaban J connectivity index is 1.64. The molecule has 7 nitrogen and oxygen atoms in total. The molecule has 1 aliphatic carbocycles. The smallest absolute Gasteiger partial charge is 0.407 e. The molecule has 2 heterocycles. The molecule has 0 unspecified atom stereocenters. The minimum atomic E-state index is -0.541. The Bertz CT molecular complexity index is 1100. The van der Waals surface area contributed by atoms with Crippen molar-refractivity contribution in [3.63, 3.8) is 0 Å². The molecule has 8 heteroatoms. The number of anilines is 2.